The molecule has 1 heterocycles. The molecule has 1 aromatic heterocycles. The summed E-state index contributed by atoms with van der Waals surface area (Å²) < 4.78 is 5.06. The second-order valence-corrected chi connectivity index (χ2v) is 6.31. The van der Waals surface area contributed by atoms with Gasteiger partial charge >= 0.3 is 6.09 Å². The van der Waals surface area contributed by atoms with Gasteiger partial charge in [-0.25, -0.2) is 9.78 Å². The lowest BCUT2D eigenvalue weighted by Crippen LogP contribution is -2.43. The highest BCUT2D eigenvalue weighted by molar-refractivity contribution is 7.14. The Labute approximate surface area is 127 Å². The fourth-order valence-corrected chi connectivity index (χ4v) is 2.01. The molecule has 2 N–H and O–H groups in total. The van der Waals surface area contributed by atoms with Gasteiger partial charge in [0.25, 0.3) is 0 Å². The summed E-state index contributed by atoms with van der Waals surface area (Å²) in [5.41, 5.74) is -0.338. The molecular formula is C13H19N3O4S. The molecule has 0 radical (unpaired) electrons. The molecule has 1 aromatic rings. The van der Waals surface area contributed by atoms with Gasteiger partial charge in [-0.15, -0.1) is 11.3 Å². The number of rotatable bonds is 4. The van der Waals surface area contributed by atoms with Crippen LogP contribution >= 0.6 is 11.3 Å². The van der Waals surface area contributed by atoms with Crippen molar-refractivity contribution in [1.29, 1.82) is 0 Å². The molecule has 0 bridgehead atoms. The molecule has 2 amide bonds. The molecule has 0 aliphatic rings. The molecule has 1 atom stereocenters. The van der Waals surface area contributed by atoms with Gasteiger partial charge in [0.15, 0.2) is 10.9 Å². The summed E-state index contributed by atoms with van der Waals surface area (Å²) in [6, 6.07) is -0.787. The minimum atomic E-state index is -0.787. The Bertz CT molecular complexity index is 548. The molecule has 0 unspecified atom stereocenters. The van der Waals surface area contributed by atoms with Crippen LogP contribution in [0.5, 0.6) is 0 Å². The van der Waals surface area contributed by atoms with Gasteiger partial charge in [-0.2, -0.15) is 0 Å². The van der Waals surface area contributed by atoms with Gasteiger partial charge in [0.05, 0.1) is 0 Å². The fourth-order valence-electron chi connectivity index (χ4n) is 1.26. The SMILES string of the molecule is CC(=O)c1csc(NC(=O)[C@@H](C)NC(=O)OC(C)(C)C)n1. The highest BCUT2D eigenvalue weighted by atomic mass is 32.1. The molecule has 0 aliphatic heterocycles. The summed E-state index contributed by atoms with van der Waals surface area (Å²) in [7, 11) is 0. The van der Waals surface area contributed by atoms with E-state index in [1.54, 1.807) is 26.2 Å². The summed E-state index contributed by atoms with van der Waals surface area (Å²) in [4.78, 5) is 38.5. The molecule has 7 nitrogen and oxygen atoms in total. The number of ketones is 1. The quantitative estimate of drug-likeness (QED) is 0.830. The van der Waals surface area contributed by atoms with Crippen molar-refractivity contribution in [3.63, 3.8) is 0 Å². The first-order valence-corrected chi connectivity index (χ1v) is 7.23. The molecular weight excluding hydrogens is 294 g/mol. The predicted molar refractivity (Wildman–Crippen MR) is 79.6 cm³/mol. The number of carbonyl (C=O) groups is 3. The molecule has 8 heteroatoms. The van der Waals surface area contributed by atoms with E-state index in [0.29, 0.717) is 10.8 Å². The summed E-state index contributed by atoms with van der Waals surface area (Å²) in [5.74, 6) is -0.614. The minimum absolute atomic E-state index is 0.174. The molecule has 116 valence electrons. The van der Waals surface area contributed by atoms with Gasteiger partial charge in [-0.3, -0.25) is 9.59 Å². The number of ether oxygens (including phenoxy) is 1. The highest BCUT2D eigenvalue weighted by Gasteiger charge is 2.21. The Hall–Kier alpha value is -1.96. The van der Waals surface area contributed by atoms with Crippen LogP contribution in [-0.4, -0.2) is 34.4 Å². The van der Waals surface area contributed by atoms with Crippen molar-refractivity contribution < 1.29 is 19.1 Å². The number of alkyl carbamates (subject to hydrolysis) is 1. The summed E-state index contributed by atoms with van der Waals surface area (Å²) in [5, 5.41) is 6.82. The van der Waals surface area contributed by atoms with Gasteiger partial charge in [0, 0.05) is 12.3 Å². The number of nitrogens with one attached hydrogen (secondary N) is 2. The zero-order valence-electron chi connectivity index (χ0n) is 12.6. The van der Waals surface area contributed by atoms with E-state index in [0.717, 1.165) is 11.3 Å². The summed E-state index contributed by atoms with van der Waals surface area (Å²) >= 11 is 1.14. The van der Waals surface area contributed by atoms with Crippen LogP contribution in [0.1, 0.15) is 45.1 Å². The van der Waals surface area contributed by atoms with Crippen LogP contribution in [0.2, 0.25) is 0 Å². The molecule has 0 spiro atoms. The topological polar surface area (TPSA) is 97.4 Å². The number of carbonyl (C=O) groups excluding carboxylic acids is 3. The van der Waals surface area contributed by atoms with Crippen molar-refractivity contribution in [2.75, 3.05) is 5.32 Å². The smallest absolute Gasteiger partial charge is 0.408 e. The highest BCUT2D eigenvalue weighted by Crippen LogP contribution is 2.16. The number of Topliss-reactive ketones (excluding diaryl/α,β-unsaturated/α-hetero) is 1. The third-order valence-electron chi connectivity index (χ3n) is 2.22. The lowest BCUT2D eigenvalue weighted by molar-refractivity contribution is -0.117. The van der Waals surface area contributed by atoms with Crippen LogP contribution in [0.15, 0.2) is 5.38 Å². The largest absolute Gasteiger partial charge is 0.444 e. The molecule has 0 saturated carbocycles. The van der Waals surface area contributed by atoms with Crippen LogP contribution in [0.25, 0.3) is 0 Å². The maximum atomic E-state index is 11.9. The van der Waals surface area contributed by atoms with Crippen molar-refractivity contribution in [2.45, 2.75) is 46.3 Å². The van der Waals surface area contributed by atoms with Crippen LogP contribution < -0.4 is 10.6 Å². The predicted octanol–water partition coefficient (Wildman–Crippen LogP) is 2.20. The van der Waals surface area contributed by atoms with E-state index in [-0.39, 0.29) is 5.78 Å². The van der Waals surface area contributed by atoms with Gasteiger partial charge < -0.3 is 15.4 Å². The van der Waals surface area contributed by atoms with Crippen molar-refractivity contribution >= 4 is 34.3 Å². The van der Waals surface area contributed by atoms with E-state index in [2.05, 4.69) is 15.6 Å². The maximum absolute atomic E-state index is 11.9. The number of thiazole rings is 1. The lowest BCUT2D eigenvalue weighted by atomic mass is 10.2. The van der Waals surface area contributed by atoms with Crippen molar-refractivity contribution in [1.82, 2.24) is 10.3 Å². The van der Waals surface area contributed by atoms with Crippen molar-refractivity contribution in [3.05, 3.63) is 11.1 Å². The molecule has 21 heavy (non-hydrogen) atoms. The normalized spacial score (nSPS) is 12.4. The van der Waals surface area contributed by atoms with E-state index in [9.17, 15) is 14.4 Å². The van der Waals surface area contributed by atoms with Crippen LogP contribution in [0.3, 0.4) is 0 Å². The number of hydrogen-bond donors (Lipinski definition) is 2. The number of amides is 2. The minimum Gasteiger partial charge on any atom is -0.444 e. The van der Waals surface area contributed by atoms with E-state index < -0.39 is 23.6 Å². The molecule has 0 saturated heterocycles. The number of anilines is 1. The van der Waals surface area contributed by atoms with Crippen LogP contribution in [0.4, 0.5) is 9.93 Å². The Kier molecular flexibility index (Phi) is 5.42. The number of hydrogen-bond acceptors (Lipinski definition) is 6. The van der Waals surface area contributed by atoms with E-state index in [1.165, 1.54) is 13.8 Å². The maximum Gasteiger partial charge on any atom is 0.408 e. The fraction of sp³-hybridized carbons (Fsp3) is 0.538. The number of nitrogens with zero attached hydrogens (tertiary/aromatic N) is 1. The third-order valence-corrected chi connectivity index (χ3v) is 2.98. The van der Waals surface area contributed by atoms with E-state index in [1.807, 2.05) is 0 Å². The standard InChI is InChI=1S/C13H19N3O4S/c1-7(14-12(19)20-13(3,4)5)10(18)16-11-15-9(6-21-11)8(2)17/h6-7H,1-5H3,(H,14,19)(H,15,16,18)/t7-/m1/s1. The summed E-state index contributed by atoms with van der Waals surface area (Å²) in [6.07, 6.45) is -0.672. The first-order valence-electron chi connectivity index (χ1n) is 6.35. The van der Waals surface area contributed by atoms with Gasteiger partial charge in [-0.05, 0) is 27.7 Å². The average molecular weight is 313 g/mol. The monoisotopic (exact) mass is 313 g/mol. The van der Waals surface area contributed by atoms with Crippen molar-refractivity contribution in [2.24, 2.45) is 0 Å². The Balaban J connectivity index is 2.54. The van der Waals surface area contributed by atoms with Gasteiger partial charge in [0.2, 0.25) is 5.91 Å². The van der Waals surface area contributed by atoms with E-state index in [4.69, 9.17) is 4.74 Å². The molecule has 0 fully saturated rings. The second kappa shape index (κ2) is 6.66. The first kappa shape index (κ1) is 17.1. The molecule has 0 aromatic carbocycles. The average Bonchev–Trinajstić information content (AvgIpc) is 2.74. The van der Waals surface area contributed by atoms with E-state index >= 15 is 0 Å². The Morgan fingerprint density at radius 3 is 2.43 bits per heavy atom. The molecule has 1 rings (SSSR count). The lowest BCUT2D eigenvalue weighted by Gasteiger charge is -2.21. The third kappa shape index (κ3) is 5.90. The van der Waals surface area contributed by atoms with Crippen molar-refractivity contribution in [3.8, 4) is 0 Å². The summed E-state index contributed by atoms with van der Waals surface area (Å²) in [6.45, 7) is 8.12. The van der Waals surface area contributed by atoms with Crippen LogP contribution in [-0.2, 0) is 9.53 Å². The zero-order chi connectivity index (χ0) is 16.2. The zero-order valence-corrected chi connectivity index (χ0v) is 13.5. The second-order valence-electron chi connectivity index (χ2n) is 5.45. The Morgan fingerprint density at radius 2 is 1.95 bits per heavy atom. The van der Waals surface area contributed by atoms with Gasteiger partial charge in [0.1, 0.15) is 17.3 Å². The van der Waals surface area contributed by atoms with Crippen LogP contribution in [0, 0.1) is 0 Å². The molecule has 0 aliphatic carbocycles. The Morgan fingerprint density at radius 1 is 1.33 bits per heavy atom. The first-order chi connectivity index (χ1) is 9.58. The number of aromatic nitrogens is 1. The van der Waals surface area contributed by atoms with Gasteiger partial charge in [-0.1, -0.05) is 0 Å².